The van der Waals surface area contributed by atoms with Crippen LogP contribution in [-0.4, -0.2) is 50.8 Å². The molecule has 1 N–H and O–H groups in total. The Morgan fingerprint density at radius 1 is 1.38 bits per heavy atom. The molecule has 7 heteroatoms. The number of carbonyl (C=O) groups excluding carboxylic acids is 1. The van der Waals surface area contributed by atoms with E-state index in [1.54, 1.807) is 6.92 Å². The maximum Gasteiger partial charge on any atom is 0.407 e. The molecule has 0 atom stereocenters. The number of ether oxygens (including phenoxy) is 1. The second-order valence-electron chi connectivity index (χ2n) is 3.57. The largest absolute Gasteiger partial charge is 0.450 e. The highest BCUT2D eigenvalue weighted by Crippen LogP contribution is 2.12. The van der Waals surface area contributed by atoms with E-state index in [1.807, 2.05) is 0 Å². The van der Waals surface area contributed by atoms with Gasteiger partial charge in [0.25, 0.3) is 0 Å². The average Bonchev–Trinajstić information content (AvgIpc) is 2.71. The van der Waals surface area contributed by atoms with E-state index >= 15 is 0 Å². The van der Waals surface area contributed by atoms with Gasteiger partial charge in [0.15, 0.2) is 0 Å². The Labute approximate surface area is 96.0 Å². The van der Waals surface area contributed by atoms with Crippen LogP contribution in [0, 0.1) is 0 Å². The van der Waals surface area contributed by atoms with E-state index in [2.05, 4.69) is 10.1 Å². The van der Waals surface area contributed by atoms with E-state index in [0.717, 1.165) is 12.8 Å². The van der Waals surface area contributed by atoms with Crippen LogP contribution in [0.3, 0.4) is 0 Å². The fourth-order valence-electron chi connectivity index (χ4n) is 1.56. The molecule has 6 nitrogen and oxygen atoms in total. The maximum atomic E-state index is 11.7. The van der Waals surface area contributed by atoms with Crippen molar-refractivity contribution in [2.24, 2.45) is 0 Å². The van der Waals surface area contributed by atoms with Crippen molar-refractivity contribution in [1.29, 1.82) is 0 Å². The molecule has 0 aliphatic carbocycles. The Bertz CT molecular complexity index is 322. The molecule has 0 saturated carbocycles. The van der Waals surface area contributed by atoms with Crippen LogP contribution in [0.25, 0.3) is 0 Å². The SMILES string of the molecule is CCOC(=O)NCCS(=O)(=O)N1CCCC1. The minimum Gasteiger partial charge on any atom is -0.450 e. The Kier molecular flexibility index (Phi) is 5.01. The zero-order valence-corrected chi connectivity index (χ0v) is 10.3. The second kappa shape index (κ2) is 6.05. The van der Waals surface area contributed by atoms with Crippen LogP contribution < -0.4 is 5.32 Å². The molecule has 94 valence electrons. The molecule has 1 amide bonds. The molecule has 1 heterocycles. The van der Waals surface area contributed by atoms with Crippen LogP contribution in [0.2, 0.25) is 0 Å². The minimum atomic E-state index is -3.21. The van der Waals surface area contributed by atoms with Gasteiger partial charge in [-0.1, -0.05) is 0 Å². The molecule has 0 bridgehead atoms. The number of carbonyl (C=O) groups is 1. The zero-order valence-electron chi connectivity index (χ0n) is 9.44. The lowest BCUT2D eigenvalue weighted by molar-refractivity contribution is 0.153. The standard InChI is InChI=1S/C9H18N2O4S/c1-2-15-9(12)10-5-8-16(13,14)11-6-3-4-7-11/h2-8H2,1H3,(H,10,12). The molecule has 1 saturated heterocycles. The number of nitrogens with one attached hydrogen (secondary N) is 1. The highest BCUT2D eigenvalue weighted by atomic mass is 32.2. The van der Waals surface area contributed by atoms with Crippen LogP contribution in [0.5, 0.6) is 0 Å². The van der Waals surface area contributed by atoms with Crippen molar-refractivity contribution < 1.29 is 17.9 Å². The monoisotopic (exact) mass is 250 g/mol. The molecule has 0 aromatic rings. The Balaban J connectivity index is 2.28. The van der Waals surface area contributed by atoms with E-state index < -0.39 is 16.1 Å². The van der Waals surface area contributed by atoms with E-state index in [-0.39, 0.29) is 18.9 Å². The lowest BCUT2D eigenvalue weighted by atomic mass is 10.4. The molecular weight excluding hydrogens is 232 g/mol. The van der Waals surface area contributed by atoms with Crippen molar-refractivity contribution in [2.45, 2.75) is 19.8 Å². The third-order valence-electron chi connectivity index (χ3n) is 2.36. The fourth-order valence-corrected chi connectivity index (χ4v) is 2.99. The topological polar surface area (TPSA) is 75.7 Å². The maximum absolute atomic E-state index is 11.7. The van der Waals surface area contributed by atoms with Gasteiger partial charge in [0.1, 0.15) is 0 Å². The normalized spacial score (nSPS) is 17.3. The van der Waals surface area contributed by atoms with Crippen LogP contribution >= 0.6 is 0 Å². The summed E-state index contributed by atoms with van der Waals surface area (Å²) in [6, 6.07) is 0. The highest BCUT2D eigenvalue weighted by Gasteiger charge is 2.24. The first-order chi connectivity index (χ1) is 7.56. The molecule has 0 spiro atoms. The molecule has 0 aromatic heterocycles. The van der Waals surface area contributed by atoms with Gasteiger partial charge in [0.05, 0.1) is 12.4 Å². The summed E-state index contributed by atoms with van der Waals surface area (Å²) in [5, 5.41) is 2.40. The number of amides is 1. The number of sulfonamides is 1. The highest BCUT2D eigenvalue weighted by molar-refractivity contribution is 7.89. The molecule has 1 aliphatic rings. The number of hydrogen-bond acceptors (Lipinski definition) is 4. The summed E-state index contributed by atoms with van der Waals surface area (Å²) < 4.78 is 29.5. The Hall–Kier alpha value is -0.820. The zero-order chi connectivity index (χ0) is 12.0. The molecule has 0 aromatic carbocycles. The third kappa shape index (κ3) is 3.97. The van der Waals surface area contributed by atoms with Crippen molar-refractivity contribution in [2.75, 3.05) is 32.0 Å². The molecule has 1 aliphatic heterocycles. The molecule has 16 heavy (non-hydrogen) atoms. The Morgan fingerprint density at radius 2 is 2.00 bits per heavy atom. The summed E-state index contributed by atoms with van der Waals surface area (Å²) >= 11 is 0. The summed E-state index contributed by atoms with van der Waals surface area (Å²) in [6.07, 6.45) is 1.27. The van der Waals surface area contributed by atoms with Gasteiger partial charge in [0, 0.05) is 19.6 Å². The molecule has 0 unspecified atom stereocenters. The van der Waals surface area contributed by atoms with Crippen molar-refractivity contribution >= 4 is 16.1 Å². The number of alkyl carbamates (subject to hydrolysis) is 1. The van der Waals surface area contributed by atoms with Gasteiger partial charge in [-0.2, -0.15) is 0 Å². The van der Waals surface area contributed by atoms with Gasteiger partial charge >= 0.3 is 6.09 Å². The van der Waals surface area contributed by atoms with Crippen LogP contribution in [0.1, 0.15) is 19.8 Å². The van der Waals surface area contributed by atoms with Crippen molar-refractivity contribution in [1.82, 2.24) is 9.62 Å². The number of nitrogens with zero attached hydrogens (tertiary/aromatic N) is 1. The summed E-state index contributed by atoms with van der Waals surface area (Å²) in [6.45, 7) is 3.27. The van der Waals surface area contributed by atoms with Gasteiger partial charge < -0.3 is 10.1 Å². The van der Waals surface area contributed by atoms with Gasteiger partial charge in [-0.3, -0.25) is 0 Å². The second-order valence-corrected chi connectivity index (χ2v) is 5.66. The van der Waals surface area contributed by atoms with E-state index in [1.165, 1.54) is 4.31 Å². The Morgan fingerprint density at radius 3 is 2.56 bits per heavy atom. The van der Waals surface area contributed by atoms with Gasteiger partial charge in [0.2, 0.25) is 10.0 Å². The summed E-state index contributed by atoms with van der Waals surface area (Å²) in [5.41, 5.74) is 0. The average molecular weight is 250 g/mol. The summed E-state index contributed by atoms with van der Waals surface area (Å²) in [7, 11) is -3.21. The number of hydrogen-bond donors (Lipinski definition) is 1. The van der Waals surface area contributed by atoms with E-state index in [4.69, 9.17) is 0 Å². The van der Waals surface area contributed by atoms with Gasteiger partial charge in [-0.25, -0.2) is 17.5 Å². The van der Waals surface area contributed by atoms with Crippen molar-refractivity contribution in [3.63, 3.8) is 0 Å². The minimum absolute atomic E-state index is 0.0637. The first kappa shape index (κ1) is 13.2. The predicted octanol–water partition coefficient (Wildman–Crippen LogP) is 0.158. The molecule has 1 fully saturated rings. The third-order valence-corrected chi connectivity index (χ3v) is 4.24. The summed E-state index contributed by atoms with van der Waals surface area (Å²) in [5.74, 6) is -0.0637. The quantitative estimate of drug-likeness (QED) is 0.754. The van der Waals surface area contributed by atoms with Crippen LogP contribution in [0.4, 0.5) is 4.79 Å². The molecule has 1 rings (SSSR count). The predicted molar refractivity (Wildman–Crippen MR) is 59.6 cm³/mol. The van der Waals surface area contributed by atoms with Crippen LogP contribution in [-0.2, 0) is 14.8 Å². The van der Waals surface area contributed by atoms with Crippen molar-refractivity contribution in [3.05, 3.63) is 0 Å². The lowest BCUT2D eigenvalue weighted by Gasteiger charge is -2.15. The first-order valence-electron chi connectivity index (χ1n) is 5.44. The van der Waals surface area contributed by atoms with Crippen molar-refractivity contribution in [3.8, 4) is 0 Å². The smallest absolute Gasteiger partial charge is 0.407 e. The van der Waals surface area contributed by atoms with Crippen LogP contribution in [0.15, 0.2) is 0 Å². The van der Waals surface area contributed by atoms with Gasteiger partial charge in [-0.15, -0.1) is 0 Å². The molecular formula is C9H18N2O4S. The summed E-state index contributed by atoms with van der Waals surface area (Å²) in [4.78, 5) is 10.9. The number of rotatable bonds is 5. The van der Waals surface area contributed by atoms with E-state index in [9.17, 15) is 13.2 Å². The molecule has 0 radical (unpaired) electrons. The first-order valence-corrected chi connectivity index (χ1v) is 7.05. The lowest BCUT2D eigenvalue weighted by Crippen LogP contribution is -2.36. The fraction of sp³-hybridized carbons (Fsp3) is 0.889. The van der Waals surface area contributed by atoms with Gasteiger partial charge in [-0.05, 0) is 19.8 Å². The van der Waals surface area contributed by atoms with E-state index in [0.29, 0.717) is 13.1 Å².